The van der Waals surface area contributed by atoms with Crippen molar-refractivity contribution >= 4 is 29.1 Å². The van der Waals surface area contributed by atoms with Gasteiger partial charge < -0.3 is 19.7 Å². The highest BCUT2D eigenvalue weighted by atomic mass is 35.5. The average molecular weight is 464 g/mol. The van der Waals surface area contributed by atoms with Gasteiger partial charge in [0.05, 0.1) is 29.2 Å². The maximum absolute atomic E-state index is 13.0. The molecule has 10 heteroatoms. The van der Waals surface area contributed by atoms with Gasteiger partial charge >= 0.3 is 0 Å². The summed E-state index contributed by atoms with van der Waals surface area (Å²) in [4.78, 5) is 37.4. The summed E-state index contributed by atoms with van der Waals surface area (Å²) >= 11 is 6.04. The molecule has 0 heterocycles. The molecular weight excluding hydrogens is 438 g/mol. The minimum Gasteiger partial charge on any atom is -0.493 e. The molecule has 1 atom stereocenters. The number of amides is 2. The molecule has 172 valence electrons. The van der Waals surface area contributed by atoms with Gasteiger partial charge in [-0.05, 0) is 24.1 Å². The van der Waals surface area contributed by atoms with Crippen molar-refractivity contribution in [2.24, 2.45) is 5.92 Å². The molecule has 2 aromatic carbocycles. The van der Waals surface area contributed by atoms with E-state index in [1.807, 2.05) is 12.1 Å². The first-order valence-corrected chi connectivity index (χ1v) is 10.3. The molecule has 1 N–H and O–H groups in total. The third-order valence-corrected chi connectivity index (χ3v) is 5.07. The third kappa shape index (κ3) is 6.34. The lowest BCUT2D eigenvalue weighted by Gasteiger charge is -2.27. The predicted molar refractivity (Wildman–Crippen MR) is 120 cm³/mol. The van der Waals surface area contributed by atoms with Crippen LogP contribution >= 0.6 is 11.6 Å². The quantitative estimate of drug-likeness (QED) is 0.426. The second kappa shape index (κ2) is 11.3. The van der Waals surface area contributed by atoms with Gasteiger partial charge in [0, 0.05) is 19.2 Å². The lowest BCUT2D eigenvalue weighted by atomic mass is 10.0. The highest BCUT2D eigenvalue weighted by Gasteiger charge is 2.28. The maximum atomic E-state index is 13.0. The second-order valence-corrected chi connectivity index (χ2v) is 7.78. The third-order valence-electron chi connectivity index (χ3n) is 4.76. The van der Waals surface area contributed by atoms with Crippen LogP contribution in [0.3, 0.4) is 0 Å². The number of ether oxygens (including phenoxy) is 2. The molecule has 0 saturated carbocycles. The number of hydrogen-bond donors (Lipinski definition) is 1. The second-order valence-electron chi connectivity index (χ2n) is 7.38. The topological polar surface area (TPSA) is 111 Å². The van der Waals surface area contributed by atoms with Crippen LogP contribution in [0.15, 0.2) is 42.5 Å². The number of benzene rings is 2. The molecule has 0 saturated heterocycles. The van der Waals surface area contributed by atoms with Crippen LogP contribution in [0.4, 0.5) is 5.69 Å². The molecule has 0 aliphatic rings. The van der Waals surface area contributed by atoms with Crippen LogP contribution in [0.2, 0.25) is 5.02 Å². The van der Waals surface area contributed by atoms with Gasteiger partial charge in [-0.15, -0.1) is 0 Å². The van der Waals surface area contributed by atoms with Crippen LogP contribution in [-0.2, 0) is 4.79 Å². The Morgan fingerprint density at radius 2 is 1.84 bits per heavy atom. The van der Waals surface area contributed by atoms with E-state index in [0.717, 1.165) is 6.07 Å². The Morgan fingerprint density at radius 3 is 2.41 bits per heavy atom. The fraction of sp³-hybridized carbons (Fsp3) is 0.364. The van der Waals surface area contributed by atoms with Crippen molar-refractivity contribution in [1.29, 1.82) is 0 Å². The first-order chi connectivity index (χ1) is 15.1. The Morgan fingerprint density at radius 1 is 1.19 bits per heavy atom. The summed E-state index contributed by atoms with van der Waals surface area (Å²) in [6.45, 7) is 4.13. The lowest BCUT2D eigenvalue weighted by Crippen LogP contribution is -2.50. The largest absolute Gasteiger partial charge is 0.493 e. The Hall–Kier alpha value is -3.33. The molecule has 2 aromatic rings. The average Bonchev–Trinajstić information content (AvgIpc) is 2.76. The molecule has 9 nitrogen and oxygen atoms in total. The van der Waals surface area contributed by atoms with Crippen LogP contribution in [-0.4, -0.2) is 55.0 Å². The summed E-state index contributed by atoms with van der Waals surface area (Å²) in [6, 6.07) is 9.93. The number of carbonyl (C=O) groups excluding carboxylic acids is 2. The monoisotopic (exact) mass is 463 g/mol. The number of non-ortho nitro benzene ring substituents is 1. The van der Waals surface area contributed by atoms with Crippen molar-refractivity contribution in [3.8, 4) is 11.5 Å². The number of methoxy groups -OCH3 is 1. The number of likely N-dealkylation sites (N-methyl/N-ethyl adjacent to an activating group) is 1. The van der Waals surface area contributed by atoms with E-state index in [2.05, 4.69) is 5.32 Å². The van der Waals surface area contributed by atoms with Crippen molar-refractivity contribution in [1.82, 2.24) is 10.2 Å². The molecule has 0 spiro atoms. The summed E-state index contributed by atoms with van der Waals surface area (Å²) in [5.41, 5.74) is -0.171. The molecule has 2 amide bonds. The zero-order valence-electron chi connectivity index (χ0n) is 18.3. The van der Waals surface area contributed by atoms with E-state index in [4.69, 9.17) is 21.1 Å². The van der Waals surface area contributed by atoms with Crippen molar-refractivity contribution in [2.75, 3.05) is 27.3 Å². The number of carbonyl (C=O) groups is 2. The van der Waals surface area contributed by atoms with Crippen molar-refractivity contribution in [3.05, 3.63) is 63.2 Å². The van der Waals surface area contributed by atoms with Gasteiger partial charge in [0.1, 0.15) is 12.6 Å². The molecule has 32 heavy (non-hydrogen) atoms. The Labute approximate surface area is 191 Å². The SMILES string of the molecule is COc1ccccc1OCCN(C)C(=O)C(NC(=O)c1ccc([N+](=O)[O-])cc1Cl)C(C)C. The van der Waals surface area contributed by atoms with E-state index >= 15 is 0 Å². The minimum absolute atomic E-state index is 0.0536. The summed E-state index contributed by atoms with van der Waals surface area (Å²) < 4.78 is 10.9. The van der Waals surface area contributed by atoms with E-state index in [1.165, 1.54) is 17.0 Å². The van der Waals surface area contributed by atoms with Crippen LogP contribution in [0.25, 0.3) is 0 Å². The molecule has 0 aliphatic carbocycles. The zero-order valence-corrected chi connectivity index (χ0v) is 19.1. The molecule has 2 rings (SSSR count). The molecule has 0 radical (unpaired) electrons. The van der Waals surface area contributed by atoms with E-state index in [-0.39, 0.29) is 41.3 Å². The minimum atomic E-state index is -0.815. The molecule has 0 aliphatic heterocycles. The fourth-order valence-corrected chi connectivity index (χ4v) is 3.17. The summed E-state index contributed by atoms with van der Waals surface area (Å²) in [6.07, 6.45) is 0. The number of nitrogens with one attached hydrogen (secondary N) is 1. The van der Waals surface area contributed by atoms with Gasteiger partial charge in [-0.25, -0.2) is 0 Å². The van der Waals surface area contributed by atoms with Gasteiger partial charge in [0.25, 0.3) is 11.6 Å². The number of nitro benzene ring substituents is 1. The van der Waals surface area contributed by atoms with Crippen molar-refractivity contribution in [3.63, 3.8) is 0 Å². The van der Waals surface area contributed by atoms with E-state index in [1.54, 1.807) is 40.1 Å². The molecule has 0 bridgehead atoms. The molecule has 0 aromatic heterocycles. The Kier molecular flexibility index (Phi) is 8.83. The van der Waals surface area contributed by atoms with Crippen LogP contribution in [0, 0.1) is 16.0 Å². The zero-order chi connectivity index (χ0) is 23.8. The van der Waals surface area contributed by atoms with Gasteiger partial charge in [-0.1, -0.05) is 37.6 Å². The highest BCUT2D eigenvalue weighted by molar-refractivity contribution is 6.34. The standard InChI is InChI=1S/C22H26ClN3O6/c1-14(2)20(24-21(27)16-10-9-15(26(29)30)13-17(16)23)22(28)25(3)11-12-32-19-8-6-5-7-18(19)31-4/h5-10,13-14,20H,11-12H2,1-4H3,(H,24,27). The van der Waals surface area contributed by atoms with Crippen LogP contribution < -0.4 is 14.8 Å². The van der Waals surface area contributed by atoms with Gasteiger partial charge in [-0.3, -0.25) is 19.7 Å². The van der Waals surface area contributed by atoms with Crippen LogP contribution in [0.1, 0.15) is 24.2 Å². The maximum Gasteiger partial charge on any atom is 0.270 e. The number of hydrogen-bond acceptors (Lipinski definition) is 6. The summed E-state index contributed by atoms with van der Waals surface area (Å²) in [5.74, 6) is 0.0673. The first kappa shape index (κ1) is 24.9. The Bertz CT molecular complexity index is 982. The number of para-hydroxylation sites is 2. The van der Waals surface area contributed by atoms with E-state index in [0.29, 0.717) is 11.5 Å². The smallest absolute Gasteiger partial charge is 0.270 e. The fourth-order valence-electron chi connectivity index (χ4n) is 2.91. The molecular formula is C22H26ClN3O6. The van der Waals surface area contributed by atoms with E-state index in [9.17, 15) is 19.7 Å². The number of halogens is 1. The first-order valence-electron chi connectivity index (χ1n) is 9.91. The number of nitrogens with zero attached hydrogens (tertiary/aromatic N) is 2. The summed E-state index contributed by atoms with van der Waals surface area (Å²) in [5, 5.41) is 13.5. The number of nitro groups is 1. The number of rotatable bonds is 10. The van der Waals surface area contributed by atoms with Crippen LogP contribution in [0.5, 0.6) is 11.5 Å². The van der Waals surface area contributed by atoms with Crippen molar-refractivity contribution in [2.45, 2.75) is 19.9 Å². The lowest BCUT2D eigenvalue weighted by molar-refractivity contribution is -0.384. The molecule has 1 unspecified atom stereocenters. The normalized spacial score (nSPS) is 11.6. The van der Waals surface area contributed by atoms with Gasteiger partial charge in [-0.2, -0.15) is 0 Å². The molecule has 0 fully saturated rings. The van der Waals surface area contributed by atoms with E-state index < -0.39 is 16.9 Å². The Balaban J connectivity index is 2.02. The van der Waals surface area contributed by atoms with Gasteiger partial charge in [0.2, 0.25) is 5.91 Å². The van der Waals surface area contributed by atoms with Crippen molar-refractivity contribution < 1.29 is 24.0 Å². The summed E-state index contributed by atoms with van der Waals surface area (Å²) in [7, 11) is 3.17. The predicted octanol–water partition coefficient (Wildman–Crippen LogP) is 3.55. The highest BCUT2D eigenvalue weighted by Crippen LogP contribution is 2.26. The van der Waals surface area contributed by atoms with Gasteiger partial charge in [0.15, 0.2) is 11.5 Å².